The Morgan fingerprint density at radius 2 is 2.24 bits per heavy atom. The van der Waals surface area contributed by atoms with Gasteiger partial charge >= 0.3 is 0 Å². The van der Waals surface area contributed by atoms with E-state index in [1.54, 1.807) is 11.3 Å². The van der Waals surface area contributed by atoms with Crippen molar-refractivity contribution in [3.8, 4) is 0 Å². The smallest absolute Gasteiger partial charge is 0.0931 e. The van der Waals surface area contributed by atoms with E-state index >= 15 is 0 Å². The molecule has 1 N–H and O–H groups in total. The van der Waals surface area contributed by atoms with E-state index in [-0.39, 0.29) is 0 Å². The van der Waals surface area contributed by atoms with Crippen LogP contribution >= 0.6 is 22.9 Å². The van der Waals surface area contributed by atoms with Crippen LogP contribution in [-0.4, -0.2) is 31.6 Å². The van der Waals surface area contributed by atoms with Crippen LogP contribution in [0.4, 0.5) is 0 Å². The van der Waals surface area contributed by atoms with Crippen LogP contribution in [0.15, 0.2) is 11.4 Å². The number of hydrogen-bond donors (Lipinski definition) is 1. The molecule has 0 spiro atoms. The molecule has 0 bridgehead atoms. The molecular formula is C13H21ClN2S. The third-order valence-electron chi connectivity index (χ3n) is 3.64. The van der Waals surface area contributed by atoms with E-state index < -0.39 is 0 Å². The van der Waals surface area contributed by atoms with Gasteiger partial charge in [0.15, 0.2) is 0 Å². The van der Waals surface area contributed by atoms with E-state index in [0.717, 1.165) is 16.8 Å². The highest BCUT2D eigenvalue weighted by molar-refractivity contribution is 7.14. The zero-order valence-electron chi connectivity index (χ0n) is 10.6. The molecule has 4 heteroatoms. The molecule has 2 nitrogen and oxygen atoms in total. The molecule has 1 aromatic heterocycles. The molecule has 1 saturated heterocycles. The van der Waals surface area contributed by atoms with Crippen molar-refractivity contribution in [3.05, 3.63) is 21.3 Å². The maximum atomic E-state index is 5.95. The van der Waals surface area contributed by atoms with Gasteiger partial charge in [0.2, 0.25) is 0 Å². The first-order valence-corrected chi connectivity index (χ1v) is 7.57. The van der Waals surface area contributed by atoms with E-state index in [1.165, 1.54) is 31.5 Å². The highest BCUT2D eigenvalue weighted by Crippen LogP contribution is 2.25. The van der Waals surface area contributed by atoms with Crippen molar-refractivity contribution in [2.24, 2.45) is 5.92 Å². The maximum absolute atomic E-state index is 5.95. The van der Waals surface area contributed by atoms with Crippen LogP contribution in [0.5, 0.6) is 0 Å². The summed E-state index contributed by atoms with van der Waals surface area (Å²) < 4.78 is 0.882. The lowest BCUT2D eigenvalue weighted by Gasteiger charge is -2.29. The Hall–Kier alpha value is -0.0900. The van der Waals surface area contributed by atoms with E-state index in [0.29, 0.717) is 6.04 Å². The Labute approximate surface area is 113 Å². The number of thiophene rings is 1. The number of halogens is 1. The van der Waals surface area contributed by atoms with Crippen molar-refractivity contribution in [2.75, 3.05) is 26.7 Å². The monoisotopic (exact) mass is 272 g/mol. The maximum Gasteiger partial charge on any atom is 0.0931 e. The minimum absolute atomic E-state index is 0.415. The Kier molecular flexibility index (Phi) is 4.86. The molecule has 0 aliphatic carbocycles. The van der Waals surface area contributed by atoms with E-state index in [1.807, 2.05) is 0 Å². The van der Waals surface area contributed by atoms with Crippen molar-refractivity contribution >= 4 is 22.9 Å². The fourth-order valence-electron chi connectivity index (χ4n) is 2.28. The lowest BCUT2D eigenvalue weighted by atomic mass is 9.96. The number of piperidine rings is 1. The average Bonchev–Trinajstić information content (AvgIpc) is 2.75. The first-order valence-electron chi connectivity index (χ1n) is 6.31. The third-order valence-corrected chi connectivity index (χ3v) is 4.75. The quantitative estimate of drug-likeness (QED) is 0.904. The number of nitrogens with one attached hydrogen (secondary N) is 1. The molecule has 2 heterocycles. The Balaban J connectivity index is 1.74. The zero-order chi connectivity index (χ0) is 12.3. The summed E-state index contributed by atoms with van der Waals surface area (Å²) in [5, 5.41) is 5.77. The summed E-state index contributed by atoms with van der Waals surface area (Å²) in [5.41, 5.74) is 1.31. The molecule has 96 valence electrons. The van der Waals surface area contributed by atoms with Crippen LogP contribution in [0.25, 0.3) is 0 Å². The molecule has 0 saturated carbocycles. The predicted octanol–water partition coefficient (Wildman–Crippen LogP) is 3.39. The lowest BCUT2D eigenvalue weighted by Crippen LogP contribution is -2.35. The van der Waals surface area contributed by atoms with Gasteiger partial charge < -0.3 is 10.2 Å². The molecule has 1 unspecified atom stereocenters. The summed E-state index contributed by atoms with van der Waals surface area (Å²) in [6.45, 7) is 5.83. The molecule has 0 aromatic carbocycles. The van der Waals surface area contributed by atoms with Crippen LogP contribution in [0.3, 0.4) is 0 Å². The van der Waals surface area contributed by atoms with Gasteiger partial charge in [0.05, 0.1) is 4.34 Å². The molecule has 1 aliphatic rings. The van der Waals surface area contributed by atoms with E-state index in [9.17, 15) is 0 Å². The topological polar surface area (TPSA) is 15.3 Å². The third kappa shape index (κ3) is 3.95. The highest BCUT2D eigenvalue weighted by Gasteiger charge is 2.17. The van der Waals surface area contributed by atoms with Crippen LogP contribution in [0.2, 0.25) is 4.34 Å². The number of rotatable bonds is 4. The average molecular weight is 273 g/mol. The van der Waals surface area contributed by atoms with E-state index in [2.05, 4.69) is 35.6 Å². The molecule has 1 aromatic rings. The normalized spacial score (nSPS) is 20.6. The standard InChI is InChI=1S/C13H21ClN2S/c1-10(12-7-13(14)17-9-12)15-8-11-3-5-16(2)6-4-11/h7,9-11,15H,3-6,8H2,1-2H3. The lowest BCUT2D eigenvalue weighted by molar-refractivity contribution is 0.213. The Morgan fingerprint density at radius 1 is 1.53 bits per heavy atom. The summed E-state index contributed by atoms with van der Waals surface area (Å²) in [7, 11) is 2.21. The van der Waals surface area contributed by atoms with E-state index in [4.69, 9.17) is 11.6 Å². The second-order valence-corrected chi connectivity index (χ2v) is 6.60. The molecule has 1 aliphatic heterocycles. The van der Waals surface area contributed by atoms with Crippen molar-refractivity contribution in [1.82, 2.24) is 10.2 Å². The molecule has 17 heavy (non-hydrogen) atoms. The minimum Gasteiger partial charge on any atom is -0.310 e. The van der Waals surface area contributed by atoms with Crippen molar-refractivity contribution < 1.29 is 0 Å². The predicted molar refractivity (Wildman–Crippen MR) is 76.0 cm³/mol. The molecule has 2 rings (SSSR count). The van der Waals surface area contributed by atoms with Gasteiger partial charge in [-0.1, -0.05) is 11.6 Å². The Bertz CT molecular complexity index is 345. The first kappa shape index (κ1) is 13.3. The van der Waals surface area contributed by atoms with Crippen LogP contribution in [0, 0.1) is 5.92 Å². The summed E-state index contributed by atoms with van der Waals surface area (Å²) >= 11 is 7.57. The molecule has 1 fully saturated rings. The summed E-state index contributed by atoms with van der Waals surface area (Å²) in [4.78, 5) is 2.42. The fourth-order valence-corrected chi connectivity index (χ4v) is 3.26. The minimum atomic E-state index is 0.415. The van der Waals surface area contributed by atoms with Gasteiger partial charge in [0, 0.05) is 6.04 Å². The molecule has 0 amide bonds. The second-order valence-electron chi connectivity index (χ2n) is 5.06. The molecule has 0 radical (unpaired) electrons. The fraction of sp³-hybridized carbons (Fsp3) is 0.692. The Morgan fingerprint density at radius 3 is 2.82 bits per heavy atom. The SMILES string of the molecule is CC(NCC1CCN(C)CC1)c1csc(Cl)c1. The zero-order valence-corrected chi connectivity index (χ0v) is 12.2. The van der Waals surface area contributed by atoms with Crippen LogP contribution < -0.4 is 5.32 Å². The van der Waals surface area contributed by atoms with Gasteiger partial charge in [0.25, 0.3) is 0 Å². The van der Waals surface area contributed by atoms with Gasteiger partial charge in [-0.05, 0) is 69.4 Å². The van der Waals surface area contributed by atoms with Crippen molar-refractivity contribution in [2.45, 2.75) is 25.8 Å². The number of nitrogens with zero attached hydrogens (tertiary/aromatic N) is 1. The van der Waals surface area contributed by atoms with Gasteiger partial charge in [-0.15, -0.1) is 11.3 Å². The van der Waals surface area contributed by atoms with Crippen LogP contribution in [-0.2, 0) is 0 Å². The molecule has 1 atom stereocenters. The first-order chi connectivity index (χ1) is 8.15. The second kappa shape index (κ2) is 6.19. The highest BCUT2D eigenvalue weighted by atomic mass is 35.5. The van der Waals surface area contributed by atoms with Gasteiger partial charge in [-0.25, -0.2) is 0 Å². The molecular weight excluding hydrogens is 252 g/mol. The summed E-state index contributed by atoms with van der Waals surface area (Å²) in [6.07, 6.45) is 2.64. The number of likely N-dealkylation sites (tertiary alicyclic amines) is 1. The summed E-state index contributed by atoms with van der Waals surface area (Å²) in [6, 6.07) is 2.48. The van der Waals surface area contributed by atoms with Gasteiger partial charge in [-0.3, -0.25) is 0 Å². The van der Waals surface area contributed by atoms with Crippen molar-refractivity contribution in [3.63, 3.8) is 0 Å². The van der Waals surface area contributed by atoms with Gasteiger partial charge in [-0.2, -0.15) is 0 Å². The largest absolute Gasteiger partial charge is 0.310 e. The summed E-state index contributed by atoms with van der Waals surface area (Å²) in [5.74, 6) is 0.836. The number of hydrogen-bond acceptors (Lipinski definition) is 3. The van der Waals surface area contributed by atoms with Gasteiger partial charge in [0.1, 0.15) is 0 Å². The van der Waals surface area contributed by atoms with Crippen LogP contribution in [0.1, 0.15) is 31.4 Å². The van der Waals surface area contributed by atoms with Crippen molar-refractivity contribution in [1.29, 1.82) is 0 Å².